The molecule has 0 aromatic carbocycles. The highest BCUT2D eigenvalue weighted by molar-refractivity contribution is 6.18. The lowest BCUT2D eigenvalue weighted by Crippen LogP contribution is -2.28. The van der Waals surface area contributed by atoms with Crippen LogP contribution >= 0.6 is 11.6 Å². The van der Waals surface area contributed by atoms with Crippen molar-refractivity contribution in [3.63, 3.8) is 0 Å². The van der Waals surface area contributed by atoms with Crippen LogP contribution in [0.25, 0.3) is 0 Å². The van der Waals surface area contributed by atoms with E-state index in [2.05, 4.69) is 6.92 Å². The summed E-state index contributed by atoms with van der Waals surface area (Å²) in [6.45, 7) is 3.77. The molecule has 0 aromatic heterocycles. The molecule has 1 heterocycles. The van der Waals surface area contributed by atoms with E-state index in [1.807, 2.05) is 0 Å². The first-order valence-corrected chi connectivity index (χ1v) is 4.99. The topological polar surface area (TPSA) is 18.5 Å². The van der Waals surface area contributed by atoms with E-state index in [1.54, 1.807) is 7.11 Å². The maximum absolute atomic E-state index is 5.83. The lowest BCUT2D eigenvalue weighted by Gasteiger charge is -2.22. The number of hydrogen-bond donors (Lipinski definition) is 0. The third-order valence-corrected chi connectivity index (χ3v) is 2.85. The Balaban J connectivity index is 2.38. The highest BCUT2D eigenvalue weighted by Crippen LogP contribution is 2.27. The number of hydrogen-bond acceptors (Lipinski definition) is 2. The van der Waals surface area contributed by atoms with E-state index in [0.29, 0.717) is 23.8 Å². The van der Waals surface area contributed by atoms with Gasteiger partial charge in [0.2, 0.25) is 0 Å². The van der Waals surface area contributed by atoms with E-state index >= 15 is 0 Å². The van der Waals surface area contributed by atoms with Gasteiger partial charge in [0.25, 0.3) is 0 Å². The molecule has 0 bridgehead atoms. The summed E-state index contributed by atoms with van der Waals surface area (Å²) < 4.78 is 10.7. The molecule has 0 aromatic rings. The summed E-state index contributed by atoms with van der Waals surface area (Å²) in [5, 5.41) is 0. The lowest BCUT2D eigenvalue weighted by atomic mass is 9.94. The Kier molecular flexibility index (Phi) is 4.33. The molecule has 12 heavy (non-hydrogen) atoms. The van der Waals surface area contributed by atoms with Gasteiger partial charge in [-0.25, -0.2) is 0 Å². The van der Waals surface area contributed by atoms with Crippen LogP contribution in [0.2, 0.25) is 0 Å². The van der Waals surface area contributed by atoms with Gasteiger partial charge in [-0.15, -0.1) is 11.6 Å². The fourth-order valence-corrected chi connectivity index (χ4v) is 2.14. The zero-order chi connectivity index (χ0) is 8.97. The van der Waals surface area contributed by atoms with Crippen molar-refractivity contribution < 1.29 is 9.47 Å². The molecule has 3 heteroatoms. The molecule has 1 fully saturated rings. The number of alkyl halides is 1. The van der Waals surface area contributed by atoms with Crippen LogP contribution in [-0.2, 0) is 9.47 Å². The molecule has 3 unspecified atom stereocenters. The normalized spacial score (nSPS) is 32.2. The second-order valence-electron chi connectivity index (χ2n) is 3.47. The quantitative estimate of drug-likeness (QED) is 0.634. The van der Waals surface area contributed by atoms with E-state index in [9.17, 15) is 0 Å². The minimum Gasteiger partial charge on any atom is -0.384 e. The fraction of sp³-hybridized carbons (Fsp3) is 1.00. The van der Waals surface area contributed by atoms with Gasteiger partial charge in [0.15, 0.2) is 0 Å². The fourth-order valence-electron chi connectivity index (χ4n) is 1.81. The summed E-state index contributed by atoms with van der Waals surface area (Å²) >= 11 is 5.83. The van der Waals surface area contributed by atoms with Gasteiger partial charge in [-0.1, -0.05) is 6.92 Å². The molecule has 0 saturated carbocycles. The Morgan fingerprint density at radius 2 is 2.42 bits per heavy atom. The average Bonchev–Trinajstić information content (AvgIpc) is 2.51. The molecule has 0 amide bonds. The lowest BCUT2D eigenvalue weighted by molar-refractivity contribution is 0.0175. The second kappa shape index (κ2) is 5.05. The zero-order valence-electron chi connectivity index (χ0n) is 7.75. The Morgan fingerprint density at radius 3 is 3.00 bits per heavy atom. The first kappa shape index (κ1) is 10.3. The van der Waals surface area contributed by atoms with E-state index in [4.69, 9.17) is 21.1 Å². The molecule has 72 valence electrons. The predicted molar refractivity (Wildman–Crippen MR) is 49.6 cm³/mol. The van der Waals surface area contributed by atoms with Crippen LogP contribution in [0.3, 0.4) is 0 Å². The number of halogens is 1. The van der Waals surface area contributed by atoms with Crippen LogP contribution in [0.1, 0.15) is 13.3 Å². The van der Waals surface area contributed by atoms with Gasteiger partial charge in [-0.3, -0.25) is 0 Å². The first-order valence-electron chi connectivity index (χ1n) is 4.46. The van der Waals surface area contributed by atoms with Crippen LogP contribution in [-0.4, -0.2) is 32.3 Å². The smallest absolute Gasteiger partial charge is 0.0662 e. The Bertz CT molecular complexity index is 130. The number of rotatable bonds is 4. The van der Waals surface area contributed by atoms with Crippen molar-refractivity contribution in [2.45, 2.75) is 19.4 Å². The molecule has 0 N–H and O–H groups in total. The molecular formula is C9H17ClO2. The van der Waals surface area contributed by atoms with Crippen LogP contribution < -0.4 is 0 Å². The minimum absolute atomic E-state index is 0.308. The molecule has 0 radical (unpaired) electrons. The molecule has 3 atom stereocenters. The van der Waals surface area contributed by atoms with Gasteiger partial charge < -0.3 is 9.47 Å². The van der Waals surface area contributed by atoms with Gasteiger partial charge in [-0.05, 0) is 6.42 Å². The van der Waals surface area contributed by atoms with Crippen LogP contribution in [0.4, 0.5) is 0 Å². The van der Waals surface area contributed by atoms with Gasteiger partial charge in [-0.2, -0.15) is 0 Å². The molecule has 1 aliphatic heterocycles. The molecule has 2 nitrogen and oxygen atoms in total. The maximum Gasteiger partial charge on any atom is 0.0662 e. The van der Waals surface area contributed by atoms with Crippen molar-refractivity contribution in [1.82, 2.24) is 0 Å². The zero-order valence-corrected chi connectivity index (χ0v) is 8.51. The third kappa shape index (κ3) is 2.35. The first-order chi connectivity index (χ1) is 5.79. The van der Waals surface area contributed by atoms with Crippen LogP contribution in [0.15, 0.2) is 0 Å². The molecule has 1 saturated heterocycles. The molecular weight excluding hydrogens is 176 g/mol. The van der Waals surface area contributed by atoms with Crippen LogP contribution in [0, 0.1) is 11.8 Å². The largest absolute Gasteiger partial charge is 0.384 e. The average molecular weight is 193 g/mol. The summed E-state index contributed by atoms with van der Waals surface area (Å²) in [4.78, 5) is 0. The molecule has 1 rings (SSSR count). The Hall–Kier alpha value is 0.210. The Labute approximate surface area is 79.2 Å². The Morgan fingerprint density at radius 1 is 1.67 bits per heavy atom. The van der Waals surface area contributed by atoms with Crippen molar-refractivity contribution in [2.75, 3.05) is 26.2 Å². The highest BCUT2D eigenvalue weighted by atomic mass is 35.5. The molecule has 0 aliphatic carbocycles. The SMILES string of the molecule is COCC(C)C1OCCC1CCl. The summed E-state index contributed by atoms with van der Waals surface area (Å²) in [7, 11) is 1.72. The summed E-state index contributed by atoms with van der Waals surface area (Å²) in [6, 6.07) is 0. The molecule has 1 aliphatic rings. The van der Waals surface area contributed by atoms with Crippen molar-refractivity contribution in [2.24, 2.45) is 11.8 Å². The van der Waals surface area contributed by atoms with E-state index in [0.717, 1.165) is 19.6 Å². The summed E-state index contributed by atoms with van der Waals surface area (Å²) in [5.74, 6) is 1.69. The van der Waals surface area contributed by atoms with E-state index in [-0.39, 0.29) is 0 Å². The van der Waals surface area contributed by atoms with Gasteiger partial charge >= 0.3 is 0 Å². The second-order valence-corrected chi connectivity index (χ2v) is 3.78. The van der Waals surface area contributed by atoms with Crippen molar-refractivity contribution in [1.29, 1.82) is 0 Å². The predicted octanol–water partition coefficient (Wildman–Crippen LogP) is 1.91. The summed E-state index contributed by atoms with van der Waals surface area (Å²) in [5.41, 5.74) is 0. The number of ether oxygens (including phenoxy) is 2. The highest BCUT2D eigenvalue weighted by Gasteiger charge is 2.31. The van der Waals surface area contributed by atoms with E-state index < -0.39 is 0 Å². The van der Waals surface area contributed by atoms with E-state index in [1.165, 1.54) is 0 Å². The van der Waals surface area contributed by atoms with Gasteiger partial charge in [0, 0.05) is 31.4 Å². The van der Waals surface area contributed by atoms with Gasteiger partial charge in [0.05, 0.1) is 12.7 Å². The monoisotopic (exact) mass is 192 g/mol. The standard InChI is InChI=1S/C9H17ClO2/c1-7(6-11-2)9-8(5-10)3-4-12-9/h7-9H,3-6H2,1-2H3. The van der Waals surface area contributed by atoms with Crippen molar-refractivity contribution in [3.05, 3.63) is 0 Å². The number of methoxy groups -OCH3 is 1. The van der Waals surface area contributed by atoms with Crippen molar-refractivity contribution in [3.8, 4) is 0 Å². The summed E-state index contributed by atoms with van der Waals surface area (Å²) in [6.07, 6.45) is 1.41. The van der Waals surface area contributed by atoms with Gasteiger partial charge in [0.1, 0.15) is 0 Å². The minimum atomic E-state index is 0.308. The third-order valence-electron chi connectivity index (χ3n) is 2.45. The van der Waals surface area contributed by atoms with Crippen molar-refractivity contribution >= 4 is 11.6 Å². The molecule has 0 spiro atoms. The van der Waals surface area contributed by atoms with Crippen LogP contribution in [0.5, 0.6) is 0 Å². The maximum atomic E-state index is 5.83.